The third-order valence-electron chi connectivity index (χ3n) is 4.05. The normalized spacial score (nSPS) is 10.9. The SMILES string of the molecule is CCNC(=NCc1cnn(C)c1)N(C)CCc1ccc(OC)c(OC)c1.I. The van der Waals surface area contributed by atoms with Crippen molar-refractivity contribution in [3.63, 3.8) is 0 Å². The molecule has 0 radical (unpaired) electrons. The Morgan fingerprint density at radius 3 is 2.56 bits per heavy atom. The van der Waals surface area contributed by atoms with Gasteiger partial charge in [0.05, 0.1) is 27.0 Å². The summed E-state index contributed by atoms with van der Waals surface area (Å²) in [6, 6.07) is 6.02. The molecule has 2 rings (SSSR count). The maximum atomic E-state index is 5.38. The highest BCUT2D eigenvalue weighted by Gasteiger charge is 2.09. The lowest BCUT2D eigenvalue weighted by atomic mass is 10.1. The molecule has 2 aromatic rings. The van der Waals surface area contributed by atoms with Gasteiger partial charge < -0.3 is 19.7 Å². The van der Waals surface area contributed by atoms with Gasteiger partial charge >= 0.3 is 0 Å². The average Bonchev–Trinajstić information content (AvgIpc) is 3.08. The number of aromatic nitrogens is 2. The fourth-order valence-corrected chi connectivity index (χ4v) is 2.63. The van der Waals surface area contributed by atoms with Crippen molar-refractivity contribution in [2.24, 2.45) is 12.0 Å². The third kappa shape index (κ3) is 6.93. The van der Waals surface area contributed by atoms with E-state index >= 15 is 0 Å². The molecule has 0 atom stereocenters. The lowest BCUT2D eigenvalue weighted by molar-refractivity contribution is 0.354. The van der Waals surface area contributed by atoms with Crippen LogP contribution in [-0.2, 0) is 20.0 Å². The van der Waals surface area contributed by atoms with Crippen molar-refractivity contribution in [1.29, 1.82) is 0 Å². The Hall–Kier alpha value is -1.97. The highest BCUT2D eigenvalue weighted by atomic mass is 127. The van der Waals surface area contributed by atoms with Crippen molar-refractivity contribution < 1.29 is 9.47 Å². The summed E-state index contributed by atoms with van der Waals surface area (Å²) in [5.41, 5.74) is 2.29. The van der Waals surface area contributed by atoms with Crippen molar-refractivity contribution in [3.05, 3.63) is 41.7 Å². The van der Waals surface area contributed by atoms with Gasteiger partial charge in [0.1, 0.15) is 0 Å². The molecule has 0 bridgehead atoms. The van der Waals surface area contributed by atoms with E-state index in [1.807, 2.05) is 38.6 Å². The van der Waals surface area contributed by atoms with Crippen LogP contribution in [-0.4, -0.2) is 55.0 Å². The molecule has 7 nitrogen and oxygen atoms in total. The Balaban J connectivity index is 0.00000364. The van der Waals surface area contributed by atoms with Crippen LogP contribution < -0.4 is 14.8 Å². The molecule has 0 saturated carbocycles. The number of rotatable bonds is 8. The molecule has 0 unspecified atom stereocenters. The number of benzene rings is 1. The zero-order valence-corrected chi connectivity index (χ0v) is 19.1. The second kappa shape index (κ2) is 11.7. The van der Waals surface area contributed by atoms with Crippen molar-refractivity contribution in [2.75, 3.05) is 34.4 Å². The summed E-state index contributed by atoms with van der Waals surface area (Å²) in [6.07, 6.45) is 4.71. The Morgan fingerprint density at radius 1 is 1.22 bits per heavy atom. The van der Waals surface area contributed by atoms with Crippen LogP contribution in [0.2, 0.25) is 0 Å². The summed E-state index contributed by atoms with van der Waals surface area (Å²) in [5, 5.41) is 7.52. The summed E-state index contributed by atoms with van der Waals surface area (Å²) in [5.74, 6) is 2.39. The molecule has 0 amide bonds. The van der Waals surface area contributed by atoms with E-state index in [-0.39, 0.29) is 24.0 Å². The molecular weight excluding hydrogens is 457 g/mol. The number of hydrogen-bond donors (Lipinski definition) is 1. The van der Waals surface area contributed by atoms with Crippen LogP contribution in [0.3, 0.4) is 0 Å². The van der Waals surface area contributed by atoms with E-state index in [1.165, 1.54) is 5.56 Å². The number of methoxy groups -OCH3 is 2. The van der Waals surface area contributed by atoms with E-state index in [9.17, 15) is 0 Å². The lowest BCUT2D eigenvalue weighted by Gasteiger charge is -2.22. The summed E-state index contributed by atoms with van der Waals surface area (Å²) in [7, 11) is 7.26. The smallest absolute Gasteiger partial charge is 0.193 e. The van der Waals surface area contributed by atoms with Crippen molar-refractivity contribution in [2.45, 2.75) is 19.9 Å². The van der Waals surface area contributed by atoms with Gasteiger partial charge in [-0.1, -0.05) is 6.07 Å². The molecule has 0 aliphatic carbocycles. The number of likely N-dealkylation sites (N-methyl/N-ethyl adjacent to an activating group) is 1. The van der Waals surface area contributed by atoms with Crippen LogP contribution >= 0.6 is 24.0 Å². The first-order valence-electron chi connectivity index (χ1n) is 8.75. The van der Waals surface area contributed by atoms with E-state index < -0.39 is 0 Å². The zero-order chi connectivity index (χ0) is 18.9. The van der Waals surface area contributed by atoms with Crippen molar-refractivity contribution >= 4 is 29.9 Å². The number of aryl methyl sites for hydroxylation is 1. The van der Waals surface area contributed by atoms with Crippen LogP contribution in [0.25, 0.3) is 0 Å². The minimum Gasteiger partial charge on any atom is -0.493 e. The van der Waals surface area contributed by atoms with E-state index in [4.69, 9.17) is 14.5 Å². The predicted molar refractivity (Wildman–Crippen MR) is 119 cm³/mol. The first kappa shape index (κ1) is 23.1. The molecule has 27 heavy (non-hydrogen) atoms. The zero-order valence-electron chi connectivity index (χ0n) is 16.7. The number of halogens is 1. The molecule has 1 N–H and O–H groups in total. The number of nitrogens with zero attached hydrogens (tertiary/aromatic N) is 4. The van der Waals surface area contributed by atoms with Gasteiger partial charge in [-0.05, 0) is 31.0 Å². The van der Waals surface area contributed by atoms with Gasteiger partial charge in [0.2, 0.25) is 0 Å². The van der Waals surface area contributed by atoms with Gasteiger partial charge in [-0.15, -0.1) is 24.0 Å². The van der Waals surface area contributed by atoms with E-state index in [1.54, 1.807) is 18.9 Å². The molecule has 0 aliphatic heterocycles. The predicted octanol–water partition coefficient (Wildman–Crippen LogP) is 2.70. The molecule has 1 aromatic heterocycles. The number of nitrogens with one attached hydrogen (secondary N) is 1. The lowest BCUT2D eigenvalue weighted by Crippen LogP contribution is -2.39. The standard InChI is InChI=1S/C19H29N5O2.HI/c1-6-20-19(21-12-16-13-22-24(3)14-16)23(2)10-9-15-7-8-17(25-4)18(11-15)26-5;/h7-8,11,13-14H,6,9-10,12H2,1-5H3,(H,20,21);1H. The molecule has 1 heterocycles. The van der Waals surface area contributed by atoms with Gasteiger partial charge in [0.15, 0.2) is 17.5 Å². The van der Waals surface area contributed by atoms with Gasteiger partial charge in [-0.25, -0.2) is 4.99 Å². The second-order valence-electron chi connectivity index (χ2n) is 6.05. The Bertz CT molecular complexity index is 733. The second-order valence-corrected chi connectivity index (χ2v) is 6.05. The molecule has 150 valence electrons. The molecule has 0 aliphatic rings. The Morgan fingerprint density at radius 2 is 1.96 bits per heavy atom. The summed E-state index contributed by atoms with van der Waals surface area (Å²) < 4.78 is 12.5. The molecular formula is C19H30IN5O2. The summed E-state index contributed by atoms with van der Waals surface area (Å²) in [4.78, 5) is 6.84. The van der Waals surface area contributed by atoms with Crippen molar-refractivity contribution in [3.8, 4) is 11.5 Å². The van der Waals surface area contributed by atoms with Crippen LogP contribution in [0.1, 0.15) is 18.1 Å². The topological polar surface area (TPSA) is 63.9 Å². The fourth-order valence-electron chi connectivity index (χ4n) is 2.63. The first-order valence-corrected chi connectivity index (χ1v) is 8.75. The Labute approximate surface area is 178 Å². The number of guanidine groups is 1. The van der Waals surface area contributed by atoms with Crippen LogP contribution in [0.15, 0.2) is 35.6 Å². The maximum Gasteiger partial charge on any atom is 0.193 e. The van der Waals surface area contributed by atoms with Gasteiger partial charge in [0.25, 0.3) is 0 Å². The maximum absolute atomic E-state index is 5.38. The highest BCUT2D eigenvalue weighted by Crippen LogP contribution is 2.27. The van der Waals surface area contributed by atoms with E-state index in [2.05, 4.69) is 28.3 Å². The number of hydrogen-bond acceptors (Lipinski definition) is 4. The van der Waals surface area contributed by atoms with Crippen LogP contribution in [0, 0.1) is 0 Å². The Kier molecular flexibility index (Phi) is 9.98. The third-order valence-corrected chi connectivity index (χ3v) is 4.05. The monoisotopic (exact) mass is 487 g/mol. The van der Waals surface area contributed by atoms with Gasteiger partial charge in [-0.3, -0.25) is 4.68 Å². The van der Waals surface area contributed by atoms with E-state index in [0.717, 1.165) is 42.5 Å². The van der Waals surface area contributed by atoms with E-state index in [0.29, 0.717) is 6.54 Å². The van der Waals surface area contributed by atoms with Gasteiger partial charge in [0, 0.05) is 38.9 Å². The number of ether oxygens (including phenoxy) is 2. The minimum absolute atomic E-state index is 0. The summed E-state index contributed by atoms with van der Waals surface area (Å²) in [6.45, 7) is 4.35. The molecule has 1 aromatic carbocycles. The molecule has 0 spiro atoms. The molecule has 8 heteroatoms. The van der Waals surface area contributed by atoms with Crippen molar-refractivity contribution in [1.82, 2.24) is 20.0 Å². The fraction of sp³-hybridized carbons (Fsp3) is 0.474. The minimum atomic E-state index is 0. The van der Waals surface area contributed by atoms with Crippen LogP contribution in [0.4, 0.5) is 0 Å². The highest BCUT2D eigenvalue weighted by molar-refractivity contribution is 14.0. The number of aliphatic imine (C=N–C) groups is 1. The largest absolute Gasteiger partial charge is 0.493 e. The summed E-state index contributed by atoms with van der Waals surface area (Å²) >= 11 is 0. The van der Waals surface area contributed by atoms with Crippen LogP contribution in [0.5, 0.6) is 11.5 Å². The van der Waals surface area contributed by atoms with Gasteiger partial charge in [-0.2, -0.15) is 5.10 Å². The molecule has 0 fully saturated rings. The molecule has 0 saturated heterocycles. The first-order chi connectivity index (χ1) is 12.6. The quantitative estimate of drug-likeness (QED) is 0.353. The average molecular weight is 487 g/mol.